The fourth-order valence-corrected chi connectivity index (χ4v) is 1.54. The third kappa shape index (κ3) is 8.05. The van der Waals surface area contributed by atoms with Gasteiger partial charge in [0.1, 0.15) is 12.1 Å². The number of rotatable bonds is 10. The average Bonchev–Trinajstić information content (AvgIpc) is 2.48. The highest BCUT2D eigenvalue weighted by Gasteiger charge is 2.30. The van der Waals surface area contributed by atoms with E-state index in [1.54, 1.807) is 0 Å². The zero-order valence-electron chi connectivity index (χ0n) is 12.9. The van der Waals surface area contributed by atoms with Crippen molar-refractivity contribution in [2.45, 2.75) is 31.5 Å². The predicted octanol–water partition coefficient (Wildman–Crippen LogP) is -4.63. The molecule has 12 heteroatoms. The van der Waals surface area contributed by atoms with E-state index in [0.29, 0.717) is 0 Å². The summed E-state index contributed by atoms with van der Waals surface area (Å²) in [6.45, 7) is 0.365. The number of hydrogen-bond acceptors (Lipinski definition) is 7. The minimum Gasteiger partial charge on any atom is -0.480 e. The van der Waals surface area contributed by atoms with E-state index in [1.807, 2.05) is 5.32 Å². The smallest absolute Gasteiger partial charge is 0.326 e. The van der Waals surface area contributed by atoms with E-state index in [-0.39, 0.29) is 6.54 Å². The second-order valence-electron chi connectivity index (χ2n) is 4.84. The standard InChI is InChI=1S/C12H21N5O7/c1-5(18)10(17-9(21)4-15-8(20)3-13)11(22)16-6(12(23)24)2-7(14)19/h5-6,10,18H,2-4,13H2,1H3,(H2,14,19)(H,15,20)(H,16,22)(H,17,21)(H,23,24). The van der Waals surface area contributed by atoms with Crippen molar-refractivity contribution in [1.82, 2.24) is 16.0 Å². The minimum atomic E-state index is -1.61. The van der Waals surface area contributed by atoms with Crippen LogP contribution < -0.4 is 27.4 Å². The summed E-state index contributed by atoms with van der Waals surface area (Å²) in [7, 11) is 0. The number of primary amides is 1. The molecule has 0 aliphatic carbocycles. The molecule has 24 heavy (non-hydrogen) atoms. The molecule has 136 valence electrons. The van der Waals surface area contributed by atoms with Gasteiger partial charge in [0.2, 0.25) is 23.6 Å². The second-order valence-corrected chi connectivity index (χ2v) is 4.84. The van der Waals surface area contributed by atoms with E-state index < -0.39 is 60.8 Å². The first-order chi connectivity index (χ1) is 11.1. The molecule has 12 nitrogen and oxygen atoms in total. The number of nitrogens with two attached hydrogens (primary N) is 2. The number of aliphatic hydroxyl groups is 1. The maximum atomic E-state index is 12.0. The normalized spacial score (nSPS) is 14.0. The van der Waals surface area contributed by atoms with Gasteiger partial charge in [0.15, 0.2) is 0 Å². The lowest BCUT2D eigenvalue weighted by molar-refractivity contribution is -0.144. The molecule has 4 amide bonds. The van der Waals surface area contributed by atoms with Gasteiger partial charge in [-0.2, -0.15) is 0 Å². The van der Waals surface area contributed by atoms with Crippen LogP contribution in [0.1, 0.15) is 13.3 Å². The zero-order chi connectivity index (χ0) is 18.9. The summed E-state index contributed by atoms with van der Waals surface area (Å²) in [6, 6.07) is -3.10. The molecule has 0 bridgehead atoms. The monoisotopic (exact) mass is 347 g/mol. The van der Waals surface area contributed by atoms with Gasteiger partial charge in [-0.1, -0.05) is 0 Å². The lowest BCUT2D eigenvalue weighted by atomic mass is 10.1. The SMILES string of the molecule is CC(O)C(NC(=O)CNC(=O)CN)C(=O)NC(CC(N)=O)C(=O)O. The summed E-state index contributed by atoms with van der Waals surface area (Å²) in [5.41, 5.74) is 9.92. The number of carboxylic acids is 1. The highest BCUT2D eigenvalue weighted by atomic mass is 16.4. The molecule has 0 saturated heterocycles. The van der Waals surface area contributed by atoms with Gasteiger partial charge in [0.05, 0.1) is 25.6 Å². The van der Waals surface area contributed by atoms with Crippen molar-refractivity contribution in [3.05, 3.63) is 0 Å². The summed E-state index contributed by atoms with van der Waals surface area (Å²) in [6.07, 6.45) is -2.03. The van der Waals surface area contributed by atoms with Crippen molar-refractivity contribution in [2.75, 3.05) is 13.1 Å². The molecule has 0 spiro atoms. The second kappa shape index (κ2) is 10.1. The van der Waals surface area contributed by atoms with Gasteiger partial charge in [-0.15, -0.1) is 0 Å². The number of hydrogen-bond donors (Lipinski definition) is 7. The maximum Gasteiger partial charge on any atom is 0.326 e. The van der Waals surface area contributed by atoms with Crippen LogP contribution in [-0.2, 0) is 24.0 Å². The lowest BCUT2D eigenvalue weighted by Crippen LogP contribution is -2.57. The Balaban J connectivity index is 4.82. The van der Waals surface area contributed by atoms with Crippen LogP contribution in [0, 0.1) is 0 Å². The predicted molar refractivity (Wildman–Crippen MR) is 79.1 cm³/mol. The minimum absolute atomic E-state index is 0.332. The van der Waals surface area contributed by atoms with Crippen LogP contribution in [0.4, 0.5) is 0 Å². The summed E-state index contributed by atoms with van der Waals surface area (Å²) in [5, 5.41) is 24.8. The average molecular weight is 347 g/mol. The van der Waals surface area contributed by atoms with Gasteiger partial charge >= 0.3 is 5.97 Å². The molecule has 0 radical (unpaired) electrons. The highest BCUT2D eigenvalue weighted by molar-refractivity contribution is 5.93. The molecule has 0 aromatic carbocycles. The third-order valence-electron chi connectivity index (χ3n) is 2.73. The summed E-state index contributed by atoms with van der Waals surface area (Å²) >= 11 is 0. The Labute approximate surface area is 136 Å². The molecule has 0 rings (SSSR count). The van der Waals surface area contributed by atoms with E-state index in [4.69, 9.17) is 16.6 Å². The van der Waals surface area contributed by atoms with Crippen LogP contribution in [0.3, 0.4) is 0 Å². The van der Waals surface area contributed by atoms with Crippen LogP contribution >= 0.6 is 0 Å². The van der Waals surface area contributed by atoms with Gasteiger partial charge in [0, 0.05) is 0 Å². The number of nitrogens with one attached hydrogen (secondary N) is 3. The molecule has 0 fully saturated rings. The van der Waals surface area contributed by atoms with Gasteiger partial charge in [-0.3, -0.25) is 19.2 Å². The Hall–Kier alpha value is -2.73. The topological polar surface area (TPSA) is 214 Å². The molecule has 0 aliphatic rings. The van der Waals surface area contributed by atoms with Crippen LogP contribution in [0.15, 0.2) is 0 Å². The summed E-state index contributed by atoms with van der Waals surface area (Å²) in [4.78, 5) is 56.3. The van der Waals surface area contributed by atoms with Crippen molar-refractivity contribution in [2.24, 2.45) is 11.5 Å². The number of carbonyl (C=O) groups is 5. The van der Waals surface area contributed by atoms with Crippen LogP contribution in [0.25, 0.3) is 0 Å². The van der Waals surface area contributed by atoms with E-state index in [2.05, 4.69) is 10.6 Å². The first-order valence-electron chi connectivity index (χ1n) is 6.84. The number of carbonyl (C=O) groups excluding carboxylic acids is 4. The van der Waals surface area contributed by atoms with Crippen LogP contribution in [0.5, 0.6) is 0 Å². The zero-order valence-corrected chi connectivity index (χ0v) is 12.9. The van der Waals surface area contributed by atoms with E-state index >= 15 is 0 Å². The molecule has 0 heterocycles. The molecule has 0 aliphatic heterocycles. The first-order valence-corrected chi connectivity index (χ1v) is 6.84. The van der Waals surface area contributed by atoms with Crippen LogP contribution in [-0.4, -0.2) is 71.1 Å². The number of carboxylic acid groups (broad SMARTS) is 1. The largest absolute Gasteiger partial charge is 0.480 e. The molecular weight excluding hydrogens is 326 g/mol. The first kappa shape index (κ1) is 21.3. The quantitative estimate of drug-likeness (QED) is 0.203. The molecular formula is C12H21N5O7. The fourth-order valence-electron chi connectivity index (χ4n) is 1.54. The fraction of sp³-hybridized carbons (Fsp3) is 0.583. The van der Waals surface area contributed by atoms with Gasteiger partial charge in [-0.25, -0.2) is 4.79 Å². The Bertz CT molecular complexity index is 508. The van der Waals surface area contributed by atoms with Crippen molar-refractivity contribution in [3.8, 4) is 0 Å². The van der Waals surface area contributed by atoms with E-state index in [1.165, 1.54) is 6.92 Å². The van der Waals surface area contributed by atoms with Crippen LogP contribution in [0.2, 0.25) is 0 Å². The van der Waals surface area contributed by atoms with Gasteiger partial charge < -0.3 is 37.6 Å². The summed E-state index contributed by atoms with van der Waals surface area (Å²) in [5.74, 6) is -4.90. The van der Waals surface area contributed by atoms with Gasteiger partial charge in [-0.05, 0) is 6.92 Å². The Morgan fingerprint density at radius 3 is 2.08 bits per heavy atom. The van der Waals surface area contributed by atoms with E-state index in [0.717, 1.165) is 0 Å². The number of aliphatic carboxylic acids is 1. The number of amides is 4. The molecule has 3 unspecified atom stereocenters. The van der Waals surface area contributed by atoms with Crippen molar-refractivity contribution in [3.63, 3.8) is 0 Å². The van der Waals surface area contributed by atoms with Crippen molar-refractivity contribution >= 4 is 29.6 Å². The maximum absolute atomic E-state index is 12.0. The van der Waals surface area contributed by atoms with E-state index in [9.17, 15) is 29.1 Å². The summed E-state index contributed by atoms with van der Waals surface area (Å²) < 4.78 is 0. The Morgan fingerprint density at radius 2 is 1.67 bits per heavy atom. The highest BCUT2D eigenvalue weighted by Crippen LogP contribution is 1.98. The van der Waals surface area contributed by atoms with Crippen molar-refractivity contribution < 1.29 is 34.2 Å². The molecule has 0 aromatic rings. The Morgan fingerprint density at radius 1 is 1.08 bits per heavy atom. The number of aliphatic hydroxyl groups excluding tert-OH is 1. The van der Waals surface area contributed by atoms with Gasteiger partial charge in [0.25, 0.3) is 0 Å². The molecule has 9 N–H and O–H groups in total. The lowest BCUT2D eigenvalue weighted by Gasteiger charge is -2.23. The molecule has 3 atom stereocenters. The third-order valence-corrected chi connectivity index (χ3v) is 2.73. The Kier molecular flexibility index (Phi) is 8.97. The molecule has 0 saturated carbocycles. The molecule has 0 aromatic heterocycles. The van der Waals surface area contributed by atoms with Crippen molar-refractivity contribution in [1.29, 1.82) is 0 Å².